The van der Waals surface area contributed by atoms with Crippen LogP contribution in [0.1, 0.15) is 48.2 Å². The van der Waals surface area contributed by atoms with Gasteiger partial charge in [-0.2, -0.15) is 0 Å². The quantitative estimate of drug-likeness (QED) is 0.818. The molecule has 0 aliphatic carbocycles. The second kappa shape index (κ2) is 8.01. The Labute approximate surface area is 171 Å². The van der Waals surface area contributed by atoms with Gasteiger partial charge in [0.2, 0.25) is 0 Å². The average Bonchev–Trinajstić information content (AvgIpc) is 2.91. The molecule has 1 unspecified atom stereocenters. The SMILES string of the molecule is COc1ccc2c(c1)C(NC(=O)c1cn3c(n1)CCNCC3)CC(C)(C)O2.Cl. The first-order chi connectivity index (χ1) is 12.9. The summed E-state index contributed by atoms with van der Waals surface area (Å²) in [6.07, 6.45) is 3.36. The van der Waals surface area contributed by atoms with Crippen LogP contribution in [-0.2, 0) is 13.0 Å². The molecule has 2 aliphatic heterocycles. The van der Waals surface area contributed by atoms with E-state index < -0.39 is 0 Å². The van der Waals surface area contributed by atoms with Gasteiger partial charge in [0, 0.05) is 44.2 Å². The maximum Gasteiger partial charge on any atom is 0.271 e. The molecule has 28 heavy (non-hydrogen) atoms. The van der Waals surface area contributed by atoms with Gasteiger partial charge in [0.15, 0.2) is 0 Å². The van der Waals surface area contributed by atoms with Crippen molar-refractivity contribution in [3.63, 3.8) is 0 Å². The van der Waals surface area contributed by atoms with Gasteiger partial charge in [-0.3, -0.25) is 4.79 Å². The third kappa shape index (κ3) is 4.10. The number of nitrogens with zero attached hydrogens (tertiary/aromatic N) is 2. The lowest BCUT2D eigenvalue weighted by molar-refractivity contribution is 0.0616. The van der Waals surface area contributed by atoms with Crippen molar-refractivity contribution in [1.82, 2.24) is 20.2 Å². The lowest BCUT2D eigenvalue weighted by Gasteiger charge is -2.38. The molecule has 1 aromatic heterocycles. The van der Waals surface area contributed by atoms with E-state index in [0.29, 0.717) is 12.1 Å². The van der Waals surface area contributed by atoms with E-state index in [1.807, 2.05) is 38.2 Å². The average molecular weight is 407 g/mol. The number of fused-ring (bicyclic) bond motifs is 2. The van der Waals surface area contributed by atoms with Crippen molar-refractivity contribution < 1.29 is 14.3 Å². The van der Waals surface area contributed by atoms with E-state index >= 15 is 0 Å². The molecule has 0 spiro atoms. The number of amides is 1. The summed E-state index contributed by atoms with van der Waals surface area (Å²) in [6, 6.07) is 5.55. The first kappa shape index (κ1) is 20.5. The summed E-state index contributed by atoms with van der Waals surface area (Å²) in [5.41, 5.74) is 1.05. The molecule has 4 rings (SSSR count). The fourth-order valence-corrected chi connectivity index (χ4v) is 3.80. The molecule has 7 nitrogen and oxygen atoms in total. The predicted octanol–water partition coefficient (Wildman–Crippen LogP) is 2.49. The van der Waals surface area contributed by atoms with E-state index in [1.54, 1.807) is 7.11 Å². The maximum absolute atomic E-state index is 12.9. The molecule has 2 N–H and O–H groups in total. The van der Waals surface area contributed by atoms with Gasteiger partial charge < -0.3 is 24.7 Å². The Morgan fingerprint density at radius 2 is 2.21 bits per heavy atom. The first-order valence-corrected chi connectivity index (χ1v) is 9.40. The lowest BCUT2D eigenvalue weighted by Crippen LogP contribution is -2.41. The molecule has 1 amide bonds. The van der Waals surface area contributed by atoms with Crippen LogP contribution in [0.25, 0.3) is 0 Å². The Morgan fingerprint density at radius 1 is 1.39 bits per heavy atom. The normalized spacial score (nSPS) is 19.9. The van der Waals surface area contributed by atoms with Gasteiger partial charge in [-0.15, -0.1) is 12.4 Å². The standard InChI is InChI=1S/C20H26N4O3.ClH/c1-20(2)11-15(14-10-13(26-3)4-5-17(14)27-20)23-19(25)16-12-24-9-8-21-7-6-18(24)22-16;/h4-5,10,12,15,21H,6-9,11H2,1-3H3,(H,23,25);1H. The summed E-state index contributed by atoms with van der Waals surface area (Å²) in [5, 5.41) is 6.50. The highest BCUT2D eigenvalue weighted by molar-refractivity contribution is 5.92. The van der Waals surface area contributed by atoms with Crippen molar-refractivity contribution in [1.29, 1.82) is 0 Å². The van der Waals surface area contributed by atoms with Crippen molar-refractivity contribution in [3.8, 4) is 11.5 Å². The number of rotatable bonds is 3. The molecule has 1 atom stereocenters. The van der Waals surface area contributed by atoms with Crippen LogP contribution in [0.2, 0.25) is 0 Å². The van der Waals surface area contributed by atoms with Gasteiger partial charge in [0.1, 0.15) is 28.6 Å². The molecule has 1 aromatic carbocycles. The van der Waals surface area contributed by atoms with E-state index in [4.69, 9.17) is 9.47 Å². The molecule has 2 aromatic rings. The van der Waals surface area contributed by atoms with Crippen LogP contribution in [0, 0.1) is 0 Å². The molecule has 0 fully saturated rings. The van der Waals surface area contributed by atoms with E-state index in [0.717, 1.165) is 48.9 Å². The molecule has 0 saturated carbocycles. The highest BCUT2D eigenvalue weighted by Crippen LogP contribution is 2.41. The minimum absolute atomic E-state index is 0. The van der Waals surface area contributed by atoms with E-state index in [2.05, 4.69) is 20.2 Å². The number of methoxy groups -OCH3 is 1. The summed E-state index contributed by atoms with van der Waals surface area (Å²) in [6.45, 7) is 6.68. The number of aromatic nitrogens is 2. The number of carbonyl (C=O) groups excluding carboxylic acids is 1. The fraction of sp³-hybridized carbons (Fsp3) is 0.500. The largest absolute Gasteiger partial charge is 0.497 e. The number of hydrogen-bond acceptors (Lipinski definition) is 5. The van der Waals surface area contributed by atoms with Crippen molar-refractivity contribution in [2.24, 2.45) is 0 Å². The molecule has 0 bridgehead atoms. The van der Waals surface area contributed by atoms with Crippen LogP contribution in [0.5, 0.6) is 11.5 Å². The van der Waals surface area contributed by atoms with Crippen molar-refractivity contribution in [2.75, 3.05) is 20.2 Å². The second-order valence-corrected chi connectivity index (χ2v) is 7.73. The summed E-state index contributed by atoms with van der Waals surface area (Å²) in [5.74, 6) is 2.33. The molecular weight excluding hydrogens is 380 g/mol. The minimum Gasteiger partial charge on any atom is -0.497 e. The fourth-order valence-electron chi connectivity index (χ4n) is 3.80. The number of nitrogens with one attached hydrogen (secondary N) is 2. The summed E-state index contributed by atoms with van der Waals surface area (Å²) < 4.78 is 13.5. The number of halogens is 1. The third-order valence-electron chi connectivity index (χ3n) is 5.13. The third-order valence-corrected chi connectivity index (χ3v) is 5.13. The monoisotopic (exact) mass is 406 g/mol. The zero-order valence-electron chi connectivity index (χ0n) is 16.4. The molecule has 2 aliphatic rings. The van der Waals surface area contributed by atoms with Gasteiger partial charge in [0.25, 0.3) is 5.91 Å². The Kier molecular flexibility index (Phi) is 5.86. The predicted molar refractivity (Wildman–Crippen MR) is 109 cm³/mol. The summed E-state index contributed by atoms with van der Waals surface area (Å²) >= 11 is 0. The Morgan fingerprint density at radius 3 is 3.00 bits per heavy atom. The number of imidazole rings is 1. The first-order valence-electron chi connectivity index (χ1n) is 9.40. The Hall–Kier alpha value is -2.25. The smallest absolute Gasteiger partial charge is 0.271 e. The topological polar surface area (TPSA) is 77.4 Å². The molecule has 3 heterocycles. The van der Waals surface area contributed by atoms with Crippen LogP contribution in [0.4, 0.5) is 0 Å². The van der Waals surface area contributed by atoms with E-state index in [-0.39, 0.29) is 30.0 Å². The van der Waals surface area contributed by atoms with Crippen LogP contribution in [0.15, 0.2) is 24.4 Å². The molecule has 0 radical (unpaired) electrons. The van der Waals surface area contributed by atoms with Gasteiger partial charge >= 0.3 is 0 Å². The van der Waals surface area contributed by atoms with Crippen LogP contribution >= 0.6 is 12.4 Å². The number of ether oxygens (including phenoxy) is 2. The highest BCUT2D eigenvalue weighted by atomic mass is 35.5. The second-order valence-electron chi connectivity index (χ2n) is 7.73. The number of benzene rings is 1. The van der Waals surface area contributed by atoms with Crippen molar-refractivity contribution in [3.05, 3.63) is 41.5 Å². The summed E-state index contributed by atoms with van der Waals surface area (Å²) in [7, 11) is 1.63. The van der Waals surface area contributed by atoms with Crippen LogP contribution < -0.4 is 20.1 Å². The van der Waals surface area contributed by atoms with Gasteiger partial charge in [-0.1, -0.05) is 0 Å². The maximum atomic E-state index is 12.9. The Bertz CT molecular complexity index is 842. The zero-order valence-corrected chi connectivity index (χ0v) is 17.3. The van der Waals surface area contributed by atoms with Gasteiger partial charge in [0.05, 0.1) is 13.2 Å². The molecule has 152 valence electrons. The summed E-state index contributed by atoms with van der Waals surface area (Å²) in [4.78, 5) is 17.5. The Balaban J connectivity index is 0.00000225. The van der Waals surface area contributed by atoms with E-state index in [9.17, 15) is 4.79 Å². The lowest BCUT2D eigenvalue weighted by atomic mass is 9.89. The van der Waals surface area contributed by atoms with Crippen molar-refractivity contribution in [2.45, 2.75) is 44.9 Å². The van der Waals surface area contributed by atoms with Gasteiger partial charge in [-0.25, -0.2) is 4.98 Å². The molecule has 8 heteroatoms. The van der Waals surface area contributed by atoms with Crippen LogP contribution in [-0.4, -0.2) is 41.3 Å². The minimum atomic E-state index is -0.365. The molecular formula is C20H27ClN4O3. The molecule has 0 saturated heterocycles. The number of hydrogen-bond donors (Lipinski definition) is 2. The number of carbonyl (C=O) groups is 1. The zero-order chi connectivity index (χ0) is 19.0. The van der Waals surface area contributed by atoms with E-state index in [1.165, 1.54) is 0 Å². The van der Waals surface area contributed by atoms with Gasteiger partial charge in [-0.05, 0) is 32.0 Å². The van der Waals surface area contributed by atoms with Crippen LogP contribution in [0.3, 0.4) is 0 Å². The highest BCUT2D eigenvalue weighted by Gasteiger charge is 2.35. The van der Waals surface area contributed by atoms with Crippen molar-refractivity contribution >= 4 is 18.3 Å².